The highest BCUT2D eigenvalue weighted by Gasteiger charge is 2.15. The van der Waals surface area contributed by atoms with Crippen molar-refractivity contribution in [3.05, 3.63) is 44.6 Å². The number of carbonyl (C=O) groups is 1. The average Bonchev–Trinajstić information content (AvgIpc) is 2.22. The van der Waals surface area contributed by atoms with Gasteiger partial charge in [0.15, 0.2) is 0 Å². The zero-order valence-corrected chi connectivity index (χ0v) is 10.2. The minimum atomic E-state index is -0.843. The Hall–Kier alpha value is -1.59. The molecule has 0 atom stereocenters. The van der Waals surface area contributed by atoms with E-state index in [2.05, 4.69) is 10.5 Å². The van der Waals surface area contributed by atoms with Gasteiger partial charge in [0.2, 0.25) is 5.70 Å². The van der Waals surface area contributed by atoms with E-state index in [0.29, 0.717) is 5.02 Å². The Balaban J connectivity index is 2.96. The van der Waals surface area contributed by atoms with Crippen LogP contribution in [0, 0.1) is 4.91 Å². The topological polar surface area (TPSA) is 78.8 Å². The number of aliphatic hydroxyl groups is 1. The lowest BCUT2D eigenvalue weighted by Gasteiger charge is -2.06. The van der Waals surface area contributed by atoms with Gasteiger partial charge < -0.3 is 10.4 Å². The first-order valence-electron chi connectivity index (χ1n) is 4.45. The molecule has 0 aliphatic heterocycles. The van der Waals surface area contributed by atoms with Gasteiger partial charge in [-0.2, -0.15) is 0 Å². The molecule has 7 heteroatoms. The molecule has 0 aliphatic rings. The van der Waals surface area contributed by atoms with E-state index in [4.69, 9.17) is 28.3 Å². The number of anilines is 1. The summed E-state index contributed by atoms with van der Waals surface area (Å²) in [5.74, 6) is -1.31. The number of nitroso groups, excluding NO2 is 1. The average molecular weight is 275 g/mol. The summed E-state index contributed by atoms with van der Waals surface area (Å²) in [6.45, 7) is 1.18. The maximum Gasteiger partial charge on any atom is 0.281 e. The number of aliphatic hydroxyl groups excluding tert-OH is 1. The van der Waals surface area contributed by atoms with Crippen molar-refractivity contribution in [2.24, 2.45) is 5.18 Å². The number of carbonyl (C=O) groups excluding carboxylic acids is 1. The smallest absolute Gasteiger partial charge is 0.281 e. The molecule has 1 aromatic carbocycles. The summed E-state index contributed by atoms with van der Waals surface area (Å²) in [5.41, 5.74) is -0.334. The van der Waals surface area contributed by atoms with Crippen molar-refractivity contribution in [1.29, 1.82) is 0 Å². The van der Waals surface area contributed by atoms with E-state index in [0.717, 1.165) is 0 Å². The van der Waals surface area contributed by atoms with Gasteiger partial charge in [0.1, 0.15) is 5.76 Å². The molecule has 5 nitrogen and oxygen atoms in total. The maximum atomic E-state index is 11.5. The van der Waals surface area contributed by atoms with Crippen LogP contribution in [0.3, 0.4) is 0 Å². The fraction of sp³-hybridized carbons (Fsp3) is 0.100. The van der Waals surface area contributed by atoms with Crippen LogP contribution in [0.25, 0.3) is 0 Å². The van der Waals surface area contributed by atoms with Gasteiger partial charge in [-0.3, -0.25) is 4.79 Å². The number of nitrogens with zero attached hydrogens (tertiary/aromatic N) is 1. The molecule has 90 valence electrons. The van der Waals surface area contributed by atoms with E-state index < -0.39 is 17.4 Å². The van der Waals surface area contributed by atoms with Gasteiger partial charge in [0.25, 0.3) is 5.91 Å². The highest BCUT2D eigenvalue weighted by Crippen LogP contribution is 2.25. The molecule has 0 aromatic heterocycles. The van der Waals surface area contributed by atoms with E-state index in [1.165, 1.54) is 25.1 Å². The first-order valence-corrected chi connectivity index (χ1v) is 5.21. The predicted molar refractivity (Wildman–Crippen MR) is 66.2 cm³/mol. The number of halogens is 2. The molecule has 0 radical (unpaired) electrons. The molecule has 1 amide bonds. The normalized spacial score (nSPS) is 11.7. The monoisotopic (exact) mass is 274 g/mol. The molecule has 1 rings (SSSR count). The standard InChI is InChI=1S/C10H8Cl2N2O3/c1-5(15)9(14-17)10(16)13-8-3-2-6(11)4-7(8)12/h2-4,15H,1H3,(H,13,16). The van der Waals surface area contributed by atoms with Crippen LogP contribution in [0.15, 0.2) is 34.8 Å². The number of rotatable bonds is 3. The summed E-state index contributed by atoms with van der Waals surface area (Å²) >= 11 is 11.5. The van der Waals surface area contributed by atoms with Gasteiger partial charge in [-0.1, -0.05) is 23.2 Å². The highest BCUT2D eigenvalue weighted by molar-refractivity contribution is 6.36. The maximum absolute atomic E-state index is 11.5. The largest absolute Gasteiger partial charge is 0.510 e. The molecule has 0 aliphatic carbocycles. The van der Waals surface area contributed by atoms with Crippen molar-refractivity contribution in [3.63, 3.8) is 0 Å². The van der Waals surface area contributed by atoms with Crippen molar-refractivity contribution < 1.29 is 9.90 Å². The number of allylic oxidation sites excluding steroid dienone is 1. The van der Waals surface area contributed by atoms with Crippen LogP contribution in [0.5, 0.6) is 0 Å². The zero-order chi connectivity index (χ0) is 13.0. The summed E-state index contributed by atoms with van der Waals surface area (Å²) < 4.78 is 0. The van der Waals surface area contributed by atoms with Crippen LogP contribution >= 0.6 is 23.2 Å². The Morgan fingerprint density at radius 3 is 2.53 bits per heavy atom. The second kappa shape index (κ2) is 5.65. The Bertz CT molecular complexity index is 496. The summed E-state index contributed by atoms with van der Waals surface area (Å²) in [6, 6.07) is 4.42. The first kappa shape index (κ1) is 13.5. The fourth-order valence-corrected chi connectivity index (χ4v) is 1.50. The number of hydrogen-bond donors (Lipinski definition) is 2. The number of nitrogens with one attached hydrogen (secondary N) is 1. The van der Waals surface area contributed by atoms with Crippen molar-refractivity contribution >= 4 is 34.8 Å². The molecule has 2 N–H and O–H groups in total. The molecule has 0 saturated heterocycles. The van der Waals surface area contributed by atoms with Crippen LogP contribution in [-0.2, 0) is 4.79 Å². The first-order chi connectivity index (χ1) is 7.95. The van der Waals surface area contributed by atoms with Crippen LogP contribution in [0.1, 0.15) is 6.92 Å². The van der Waals surface area contributed by atoms with Gasteiger partial charge >= 0.3 is 0 Å². The van der Waals surface area contributed by atoms with Crippen LogP contribution in [-0.4, -0.2) is 11.0 Å². The molecule has 17 heavy (non-hydrogen) atoms. The fourth-order valence-electron chi connectivity index (χ4n) is 1.04. The van der Waals surface area contributed by atoms with E-state index >= 15 is 0 Å². The third-order valence-electron chi connectivity index (χ3n) is 1.83. The Morgan fingerprint density at radius 2 is 2.06 bits per heavy atom. The predicted octanol–water partition coefficient (Wildman–Crippen LogP) is 3.49. The Kier molecular flexibility index (Phi) is 4.48. The van der Waals surface area contributed by atoms with Gasteiger partial charge in [0.05, 0.1) is 10.7 Å². The van der Waals surface area contributed by atoms with Gasteiger partial charge in [-0.15, -0.1) is 4.91 Å². The van der Waals surface area contributed by atoms with Gasteiger partial charge in [-0.05, 0) is 30.3 Å². The molecule has 0 fully saturated rings. The summed E-state index contributed by atoms with van der Waals surface area (Å²) in [6.07, 6.45) is 0. The number of hydrogen-bond acceptors (Lipinski definition) is 4. The lowest BCUT2D eigenvalue weighted by molar-refractivity contribution is -0.113. The molecule has 1 aromatic rings. The van der Waals surface area contributed by atoms with E-state index in [1.807, 2.05) is 0 Å². The molecule has 0 unspecified atom stereocenters. The van der Waals surface area contributed by atoms with Crippen molar-refractivity contribution in [2.75, 3.05) is 5.32 Å². The molecule has 0 saturated carbocycles. The lowest BCUT2D eigenvalue weighted by Crippen LogP contribution is -2.14. The second-order valence-corrected chi connectivity index (χ2v) is 3.95. The summed E-state index contributed by atoms with van der Waals surface area (Å²) in [7, 11) is 0. The van der Waals surface area contributed by atoms with Crippen molar-refractivity contribution in [1.82, 2.24) is 0 Å². The number of amides is 1. The SMILES string of the molecule is CC(O)=C(N=O)C(=O)Nc1ccc(Cl)cc1Cl. The van der Waals surface area contributed by atoms with E-state index in [9.17, 15) is 9.70 Å². The van der Waals surface area contributed by atoms with Crippen LogP contribution in [0.2, 0.25) is 10.0 Å². The van der Waals surface area contributed by atoms with Crippen molar-refractivity contribution in [2.45, 2.75) is 6.92 Å². The Labute approximate surface area is 107 Å². The minimum Gasteiger partial charge on any atom is -0.510 e. The third kappa shape index (κ3) is 3.44. The number of benzene rings is 1. The molecule has 0 spiro atoms. The van der Waals surface area contributed by atoms with Crippen LogP contribution < -0.4 is 5.32 Å². The van der Waals surface area contributed by atoms with Crippen LogP contribution in [0.4, 0.5) is 5.69 Å². The van der Waals surface area contributed by atoms with Gasteiger partial charge in [0, 0.05) is 5.02 Å². The second-order valence-electron chi connectivity index (χ2n) is 3.10. The summed E-state index contributed by atoms with van der Waals surface area (Å²) in [4.78, 5) is 21.8. The molecular formula is C10H8Cl2N2O3. The van der Waals surface area contributed by atoms with E-state index in [1.54, 1.807) is 0 Å². The highest BCUT2D eigenvalue weighted by atomic mass is 35.5. The summed E-state index contributed by atoms with van der Waals surface area (Å²) in [5, 5.41) is 14.4. The molecule has 0 bridgehead atoms. The Morgan fingerprint density at radius 1 is 1.41 bits per heavy atom. The molecule has 0 heterocycles. The molecular weight excluding hydrogens is 267 g/mol. The quantitative estimate of drug-likeness (QED) is 0.503. The zero-order valence-electron chi connectivity index (χ0n) is 8.70. The van der Waals surface area contributed by atoms with E-state index in [-0.39, 0.29) is 10.7 Å². The van der Waals surface area contributed by atoms with Crippen molar-refractivity contribution in [3.8, 4) is 0 Å². The van der Waals surface area contributed by atoms with Gasteiger partial charge in [-0.25, -0.2) is 0 Å². The third-order valence-corrected chi connectivity index (χ3v) is 2.38. The minimum absolute atomic E-state index is 0.215. The lowest BCUT2D eigenvalue weighted by atomic mass is 10.3.